The van der Waals surface area contributed by atoms with Crippen LogP contribution in [0.2, 0.25) is 0 Å². The Morgan fingerprint density at radius 1 is 1.30 bits per heavy atom. The third-order valence-electron chi connectivity index (χ3n) is 3.17. The van der Waals surface area contributed by atoms with E-state index in [4.69, 9.17) is 10.5 Å². The van der Waals surface area contributed by atoms with Gasteiger partial charge in [-0.05, 0) is 25.1 Å². The van der Waals surface area contributed by atoms with Gasteiger partial charge in [-0.3, -0.25) is 4.98 Å². The molecular formula is C15H16N4O. The molecular weight excluding hydrogens is 252 g/mol. The van der Waals surface area contributed by atoms with E-state index < -0.39 is 0 Å². The summed E-state index contributed by atoms with van der Waals surface area (Å²) in [5, 5.41) is 0. The van der Waals surface area contributed by atoms with Crippen molar-refractivity contribution in [3.63, 3.8) is 0 Å². The van der Waals surface area contributed by atoms with Crippen molar-refractivity contribution < 1.29 is 4.74 Å². The van der Waals surface area contributed by atoms with E-state index in [1.165, 1.54) is 0 Å². The van der Waals surface area contributed by atoms with Crippen LogP contribution in [0.5, 0.6) is 5.75 Å². The molecule has 20 heavy (non-hydrogen) atoms. The summed E-state index contributed by atoms with van der Waals surface area (Å²) in [5.41, 5.74) is 8.39. The van der Waals surface area contributed by atoms with E-state index >= 15 is 0 Å². The van der Waals surface area contributed by atoms with Gasteiger partial charge in [-0.15, -0.1) is 0 Å². The third-order valence-corrected chi connectivity index (χ3v) is 3.17. The first-order chi connectivity index (χ1) is 9.78. The average Bonchev–Trinajstić information content (AvgIpc) is 2.82. The molecule has 1 aromatic carbocycles. The van der Waals surface area contributed by atoms with Crippen molar-refractivity contribution in [2.75, 3.05) is 5.73 Å². The quantitative estimate of drug-likeness (QED) is 0.739. The largest absolute Gasteiger partial charge is 0.486 e. The van der Waals surface area contributed by atoms with Crippen molar-refractivity contribution >= 4 is 16.7 Å². The van der Waals surface area contributed by atoms with E-state index in [2.05, 4.69) is 21.5 Å². The molecule has 0 saturated carbocycles. The zero-order valence-corrected chi connectivity index (χ0v) is 11.3. The zero-order valence-electron chi connectivity index (χ0n) is 11.3. The Morgan fingerprint density at radius 2 is 2.20 bits per heavy atom. The Balaban J connectivity index is 1.87. The van der Waals surface area contributed by atoms with Crippen LogP contribution in [0, 0.1) is 0 Å². The highest BCUT2D eigenvalue weighted by Crippen LogP contribution is 2.19. The summed E-state index contributed by atoms with van der Waals surface area (Å²) in [4.78, 5) is 8.66. The number of nitrogen functional groups attached to an aromatic ring is 1. The van der Waals surface area contributed by atoms with Gasteiger partial charge in [-0.1, -0.05) is 6.07 Å². The fourth-order valence-electron chi connectivity index (χ4n) is 2.25. The molecule has 2 aromatic heterocycles. The molecule has 0 radical (unpaired) electrons. The molecule has 2 heterocycles. The second-order valence-electron chi connectivity index (χ2n) is 4.50. The van der Waals surface area contributed by atoms with Gasteiger partial charge in [-0.25, -0.2) is 4.98 Å². The maximum absolute atomic E-state index is 5.76. The number of ether oxygens (including phenoxy) is 1. The number of hydrogen-bond donors (Lipinski definition) is 1. The molecule has 0 aliphatic rings. The van der Waals surface area contributed by atoms with Crippen LogP contribution in [0.15, 0.2) is 42.7 Å². The molecule has 0 bridgehead atoms. The minimum absolute atomic E-state index is 0.409. The Hall–Kier alpha value is -2.56. The number of imidazole rings is 1. The number of benzene rings is 1. The molecule has 5 heteroatoms. The predicted molar refractivity (Wildman–Crippen MR) is 78.4 cm³/mol. The van der Waals surface area contributed by atoms with Crippen LogP contribution in [0.1, 0.15) is 12.7 Å². The van der Waals surface area contributed by atoms with E-state index in [9.17, 15) is 0 Å². The lowest BCUT2D eigenvalue weighted by Gasteiger charge is -2.08. The van der Waals surface area contributed by atoms with Crippen LogP contribution in [0.4, 0.5) is 5.69 Å². The van der Waals surface area contributed by atoms with Crippen LogP contribution in [0.25, 0.3) is 11.0 Å². The van der Waals surface area contributed by atoms with Crippen LogP contribution < -0.4 is 10.5 Å². The Morgan fingerprint density at radius 3 is 3.00 bits per heavy atom. The van der Waals surface area contributed by atoms with Gasteiger partial charge >= 0.3 is 0 Å². The highest BCUT2D eigenvalue weighted by atomic mass is 16.5. The Labute approximate surface area is 117 Å². The number of nitrogens with zero attached hydrogens (tertiary/aromatic N) is 3. The second-order valence-corrected chi connectivity index (χ2v) is 4.50. The Bertz CT molecular complexity index is 736. The molecule has 0 spiro atoms. The molecule has 3 aromatic rings. The average molecular weight is 268 g/mol. The molecule has 0 unspecified atom stereocenters. The molecule has 0 saturated heterocycles. The molecule has 0 aliphatic heterocycles. The van der Waals surface area contributed by atoms with Crippen molar-refractivity contribution in [2.45, 2.75) is 20.1 Å². The van der Waals surface area contributed by atoms with Crippen LogP contribution in [-0.4, -0.2) is 14.5 Å². The second kappa shape index (κ2) is 5.21. The number of rotatable bonds is 4. The van der Waals surface area contributed by atoms with Crippen molar-refractivity contribution in [2.24, 2.45) is 0 Å². The van der Waals surface area contributed by atoms with Crippen molar-refractivity contribution in [3.05, 3.63) is 48.5 Å². The minimum atomic E-state index is 0.409. The van der Waals surface area contributed by atoms with Crippen LogP contribution >= 0.6 is 0 Å². The number of hydrogen-bond acceptors (Lipinski definition) is 4. The minimum Gasteiger partial charge on any atom is -0.486 e. The van der Waals surface area contributed by atoms with E-state index in [-0.39, 0.29) is 0 Å². The summed E-state index contributed by atoms with van der Waals surface area (Å²) in [6, 6.07) is 9.37. The number of aromatic nitrogens is 3. The normalized spacial score (nSPS) is 10.8. The molecule has 5 nitrogen and oxygen atoms in total. The number of anilines is 1. The predicted octanol–water partition coefficient (Wildman–Crippen LogP) is 2.61. The van der Waals surface area contributed by atoms with Gasteiger partial charge in [-0.2, -0.15) is 0 Å². The van der Waals surface area contributed by atoms with Gasteiger partial charge < -0.3 is 15.0 Å². The summed E-state index contributed by atoms with van der Waals surface area (Å²) >= 11 is 0. The maximum Gasteiger partial charge on any atom is 0.148 e. The number of pyridine rings is 1. The third kappa shape index (κ3) is 2.30. The highest BCUT2D eigenvalue weighted by molar-refractivity contribution is 5.74. The molecule has 102 valence electrons. The molecule has 2 N–H and O–H groups in total. The SMILES string of the molecule is CCn1c(COc2cccc(N)c2)nc2cnccc21. The lowest BCUT2D eigenvalue weighted by Crippen LogP contribution is -2.06. The fourth-order valence-corrected chi connectivity index (χ4v) is 2.25. The van der Waals surface area contributed by atoms with Gasteiger partial charge in [0.05, 0.1) is 11.7 Å². The van der Waals surface area contributed by atoms with Gasteiger partial charge in [0.25, 0.3) is 0 Å². The van der Waals surface area contributed by atoms with Crippen molar-refractivity contribution in [1.82, 2.24) is 14.5 Å². The van der Waals surface area contributed by atoms with Gasteiger partial charge in [0.2, 0.25) is 0 Å². The van der Waals surface area contributed by atoms with E-state index in [1.807, 2.05) is 24.3 Å². The molecule has 3 rings (SSSR count). The van der Waals surface area contributed by atoms with Gasteiger partial charge in [0, 0.05) is 24.5 Å². The first kappa shape index (κ1) is 12.5. The maximum atomic E-state index is 5.76. The number of fused-ring (bicyclic) bond motifs is 1. The van der Waals surface area contributed by atoms with Gasteiger partial charge in [0.1, 0.15) is 23.7 Å². The van der Waals surface area contributed by atoms with Crippen molar-refractivity contribution in [3.8, 4) is 5.75 Å². The standard InChI is InChI=1S/C15H16N4O/c1-2-19-14-6-7-17-9-13(14)18-15(19)10-20-12-5-3-4-11(16)8-12/h3-9H,2,10,16H2,1H3. The monoisotopic (exact) mass is 268 g/mol. The topological polar surface area (TPSA) is 66.0 Å². The van der Waals surface area contributed by atoms with E-state index in [0.29, 0.717) is 12.3 Å². The van der Waals surface area contributed by atoms with Crippen molar-refractivity contribution in [1.29, 1.82) is 0 Å². The summed E-state index contributed by atoms with van der Waals surface area (Å²) in [6.07, 6.45) is 3.55. The summed E-state index contributed by atoms with van der Waals surface area (Å²) in [7, 11) is 0. The fraction of sp³-hybridized carbons (Fsp3) is 0.200. The first-order valence-corrected chi connectivity index (χ1v) is 6.55. The first-order valence-electron chi connectivity index (χ1n) is 6.55. The van der Waals surface area contributed by atoms with Crippen LogP contribution in [0.3, 0.4) is 0 Å². The number of aryl methyl sites for hydroxylation is 1. The molecule has 0 fully saturated rings. The summed E-state index contributed by atoms with van der Waals surface area (Å²) in [6.45, 7) is 3.34. The Kier molecular flexibility index (Phi) is 3.25. The lowest BCUT2D eigenvalue weighted by atomic mass is 10.3. The van der Waals surface area contributed by atoms with Gasteiger partial charge in [0.15, 0.2) is 0 Å². The van der Waals surface area contributed by atoms with E-state index in [0.717, 1.165) is 29.2 Å². The number of nitrogens with two attached hydrogens (primary N) is 1. The van der Waals surface area contributed by atoms with E-state index in [1.54, 1.807) is 18.5 Å². The van der Waals surface area contributed by atoms with Crippen LogP contribution in [-0.2, 0) is 13.2 Å². The molecule has 0 amide bonds. The zero-order chi connectivity index (χ0) is 13.9. The smallest absolute Gasteiger partial charge is 0.148 e. The lowest BCUT2D eigenvalue weighted by molar-refractivity contribution is 0.291. The molecule has 0 atom stereocenters. The highest BCUT2D eigenvalue weighted by Gasteiger charge is 2.09. The summed E-state index contributed by atoms with van der Waals surface area (Å²) in [5.74, 6) is 1.63. The molecule has 0 aliphatic carbocycles. The summed E-state index contributed by atoms with van der Waals surface area (Å²) < 4.78 is 7.89.